The lowest BCUT2D eigenvalue weighted by Crippen LogP contribution is -2.45. The minimum atomic E-state index is -3.37. The lowest BCUT2D eigenvalue weighted by Gasteiger charge is -2.38. The first-order valence-corrected chi connectivity index (χ1v) is 15.0. The van der Waals surface area contributed by atoms with Crippen LogP contribution < -0.4 is 9.62 Å². The number of piperidine rings is 1. The molecule has 2 aliphatic carbocycles. The summed E-state index contributed by atoms with van der Waals surface area (Å²) in [6, 6.07) is 9.90. The second-order valence-electron chi connectivity index (χ2n) is 10.6. The van der Waals surface area contributed by atoms with Crippen molar-refractivity contribution in [2.75, 3.05) is 25.0 Å². The molecule has 1 saturated carbocycles. The second-order valence-corrected chi connectivity index (χ2v) is 12.6. The second kappa shape index (κ2) is 10.9. The third kappa shape index (κ3) is 5.44. The molecule has 1 amide bonds. The number of sulfonamides is 1. The molecule has 0 bridgehead atoms. The molecule has 1 atom stereocenters. The van der Waals surface area contributed by atoms with Crippen LogP contribution in [0.5, 0.6) is 0 Å². The number of amides is 1. The minimum absolute atomic E-state index is 0.0135. The Morgan fingerprint density at radius 1 is 0.972 bits per heavy atom. The minimum Gasteiger partial charge on any atom is -0.371 e. The van der Waals surface area contributed by atoms with E-state index >= 15 is 0 Å². The van der Waals surface area contributed by atoms with E-state index in [1.54, 1.807) is 0 Å². The first-order valence-electron chi connectivity index (χ1n) is 13.5. The lowest BCUT2D eigenvalue weighted by atomic mass is 9.87. The van der Waals surface area contributed by atoms with Crippen molar-refractivity contribution in [1.29, 1.82) is 0 Å². The maximum absolute atomic E-state index is 13.5. The zero-order valence-electron chi connectivity index (χ0n) is 21.2. The van der Waals surface area contributed by atoms with Gasteiger partial charge in [0.2, 0.25) is 10.0 Å². The quantitative estimate of drug-likeness (QED) is 0.621. The van der Waals surface area contributed by atoms with E-state index in [4.69, 9.17) is 0 Å². The van der Waals surface area contributed by atoms with Crippen LogP contribution in [0, 0.1) is 0 Å². The van der Waals surface area contributed by atoms with Gasteiger partial charge in [-0.25, -0.2) is 13.1 Å². The van der Waals surface area contributed by atoms with Gasteiger partial charge in [-0.15, -0.1) is 0 Å². The van der Waals surface area contributed by atoms with Crippen molar-refractivity contribution in [3.05, 3.63) is 59.4 Å². The van der Waals surface area contributed by atoms with Gasteiger partial charge in [0.1, 0.15) is 0 Å². The fourth-order valence-corrected chi connectivity index (χ4v) is 7.95. The Bertz CT molecular complexity index is 1160. The van der Waals surface area contributed by atoms with Crippen molar-refractivity contribution >= 4 is 21.6 Å². The number of fused-ring (bicyclic) bond motifs is 1. The number of hydrogen-bond donors (Lipinski definition) is 1. The summed E-state index contributed by atoms with van der Waals surface area (Å²) in [7, 11) is -1.47. The molecule has 1 unspecified atom stereocenters. The van der Waals surface area contributed by atoms with Gasteiger partial charge < -0.3 is 9.80 Å². The number of carbonyl (C=O) groups excluding carboxylic acids is 1. The Balaban J connectivity index is 1.27. The monoisotopic (exact) mass is 510 g/mol. The van der Waals surface area contributed by atoms with Crippen molar-refractivity contribution < 1.29 is 13.2 Å². The molecule has 2 heterocycles. The molecule has 194 valence electrons. The van der Waals surface area contributed by atoms with Crippen molar-refractivity contribution in [2.24, 2.45) is 0 Å². The van der Waals surface area contributed by atoms with E-state index in [1.807, 2.05) is 54.7 Å². The predicted molar refractivity (Wildman–Crippen MR) is 143 cm³/mol. The number of pyridine rings is 1. The molecule has 1 N–H and O–H groups in total. The molecule has 3 aliphatic rings. The molecule has 36 heavy (non-hydrogen) atoms. The number of aromatic nitrogens is 1. The zero-order valence-corrected chi connectivity index (χ0v) is 22.0. The number of anilines is 1. The van der Waals surface area contributed by atoms with Crippen LogP contribution in [-0.2, 0) is 16.4 Å². The Morgan fingerprint density at radius 3 is 2.42 bits per heavy atom. The summed E-state index contributed by atoms with van der Waals surface area (Å²) in [5, 5.41) is -0.286. The largest absolute Gasteiger partial charge is 0.371 e. The summed E-state index contributed by atoms with van der Waals surface area (Å²) in [5.41, 5.74) is 3.96. The maximum atomic E-state index is 13.5. The van der Waals surface area contributed by atoms with Gasteiger partial charge in [-0.1, -0.05) is 25.3 Å². The molecule has 1 aliphatic heterocycles. The molecule has 1 aromatic heterocycles. The summed E-state index contributed by atoms with van der Waals surface area (Å²) in [6.45, 7) is 1.81. The van der Waals surface area contributed by atoms with E-state index in [-0.39, 0.29) is 23.2 Å². The van der Waals surface area contributed by atoms with E-state index in [0.29, 0.717) is 5.56 Å². The maximum Gasteiger partial charge on any atom is 0.253 e. The molecule has 1 saturated heterocycles. The van der Waals surface area contributed by atoms with Crippen LogP contribution >= 0.6 is 0 Å². The molecule has 0 radical (unpaired) electrons. The third-order valence-corrected chi connectivity index (χ3v) is 10.3. The zero-order chi connectivity index (χ0) is 25.1. The summed E-state index contributed by atoms with van der Waals surface area (Å²) in [6.07, 6.45) is 12.7. The highest BCUT2D eigenvalue weighted by atomic mass is 32.2. The van der Waals surface area contributed by atoms with Crippen LogP contribution in [0.25, 0.3) is 0 Å². The van der Waals surface area contributed by atoms with Crippen LogP contribution in [0.4, 0.5) is 5.69 Å². The average Bonchev–Trinajstić information content (AvgIpc) is 2.93. The number of aryl methyl sites for hydroxylation is 1. The first-order chi connectivity index (χ1) is 17.4. The first kappa shape index (κ1) is 25.2. The third-order valence-electron chi connectivity index (χ3n) is 8.37. The van der Waals surface area contributed by atoms with Gasteiger partial charge in [0.05, 0.1) is 5.25 Å². The predicted octanol–water partition coefficient (Wildman–Crippen LogP) is 4.45. The summed E-state index contributed by atoms with van der Waals surface area (Å²) >= 11 is 0. The number of carbonyl (C=O) groups is 1. The van der Waals surface area contributed by atoms with Gasteiger partial charge in [0.15, 0.2) is 0 Å². The highest BCUT2D eigenvalue weighted by Gasteiger charge is 2.32. The van der Waals surface area contributed by atoms with Gasteiger partial charge in [-0.3, -0.25) is 9.78 Å². The Kier molecular flexibility index (Phi) is 7.62. The number of hydrogen-bond acceptors (Lipinski definition) is 5. The fourth-order valence-electron chi connectivity index (χ4n) is 6.16. The van der Waals surface area contributed by atoms with Crippen molar-refractivity contribution in [3.63, 3.8) is 0 Å². The number of nitrogens with one attached hydrogen (secondary N) is 1. The molecule has 8 heteroatoms. The van der Waals surface area contributed by atoms with E-state index in [1.165, 1.54) is 5.69 Å². The van der Waals surface area contributed by atoms with Gasteiger partial charge in [-0.05, 0) is 80.3 Å². The van der Waals surface area contributed by atoms with Crippen LogP contribution in [0.3, 0.4) is 0 Å². The molecular formula is C28H38N4O3S. The topological polar surface area (TPSA) is 82.6 Å². The number of benzene rings is 1. The standard InChI is InChI=1S/C28H38N4O3S/c1-31(23-14-18-32(19-15-23)24-12-16-29-17-13-24)28(33)22-11-10-21-6-5-9-27(26(21)20-22)30-36(34,35)25-7-3-2-4-8-25/h10-13,16-17,20,23,25,27,30H,2-9,14-15,18-19H2,1H3. The highest BCUT2D eigenvalue weighted by Crippen LogP contribution is 2.33. The van der Waals surface area contributed by atoms with Gasteiger partial charge in [-0.2, -0.15) is 0 Å². The smallest absolute Gasteiger partial charge is 0.253 e. The molecule has 0 spiro atoms. The molecule has 5 rings (SSSR count). The highest BCUT2D eigenvalue weighted by molar-refractivity contribution is 7.90. The van der Waals surface area contributed by atoms with Crippen LogP contribution in [0.2, 0.25) is 0 Å². The summed E-state index contributed by atoms with van der Waals surface area (Å²) < 4.78 is 29.3. The van der Waals surface area contributed by atoms with Crippen LogP contribution in [0.15, 0.2) is 42.7 Å². The lowest BCUT2D eigenvalue weighted by molar-refractivity contribution is 0.0709. The Labute approximate surface area is 215 Å². The molecule has 1 aromatic carbocycles. The molecule has 2 fully saturated rings. The molecule has 2 aromatic rings. The van der Waals surface area contributed by atoms with Gasteiger partial charge >= 0.3 is 0 Å². The Morgan fingerprint density at radius 2 is 1.69 bits per heavy atom. The van der Waals surface area contributed by atoms with Crippen molar-refractivity contribution in [3.8, 4) is 0 Å². The Hall–Kier alpha value is -2.45. The average molecular weight is 511 g/mol. The van der Waals surface area contributed by atoms with Gasteiger partial charge in [0, 0.05) is 55.9 Å². The molecular weight excluding hydrogens is 472 g/mol. The van der Waals surface area contributed by atoms with Crippen LogP contribution in [0.1, 0.15) is 85.3 Å². The number of rotatable bonds is 6. The fraction of sp³-hybridized carbons (Fsp3) is 0.571. The van der Waals surface area contributed by atoms with E-state index < -0.39 is 10.0 Å². The SMILES string of the molecule is CN(C(=O)c1ccc2c(c1)C(NS(=O)(=O)C1CCCCC1)CCC2)C1CCN(c2ccncc2)CC1. The van der Waals surface area contributed by atoms with E-state index in [0.717, 1.165) is 88.4 Å². The van der Waals surface area contributed by atoms with E-state index in [9.17, 15) is 13.2 Å². The van der Waals surface area contributed by atoms with Gasteiger partial charge in [0.25, 0.3) is 5.91 Å². The van der Waals surface area contributed by atoms with Crippen molar-refractivity contribution in [1.82, 2.24) is 14.6 Å². The van der Waals surface area contributed by atoms with E-state index in [2.05, 4.69) is 14.6 Å². The summed E-state index contributed by atoms with van der Waals surface area (Å²) in [5.74, 6) is 0.0135. The van der Waals surface area contributed by atoms with Crippen molar-refractivity contribution in [2.45, 2.75) is 81.5 Å². The molecule has 7 nitrogen and oxygen atoms in total. The normalized spacial score (nSPS) is 21.7. The van der Waals surface area contributed by atoms with Crippen LogP contribution in [-0.4, -0.2) is 55.6 Å². The number of nitrogens with zero attached hydrogens (tertiary/aromatic N) is 3. The summed E-state index contributed by atoms with van der Waals surface area (Å²) in [4.78, 5) is 21.8.